The van der Waals surface area contributed by atoms with Gasteiger partial charge in [-0.05, 0) is 42.7 Å². The highest BCUT2D eigenvalue weighted by Gasteiger charge is 2.57. The molecule has 0 amide bonds. The van der Waals surface area contributed by atoms with Crippen molar-refractivity contribution in [2.24, 2.45) is 5.41 Å². The van der Waals surface area contributed by atoms with Crippen LogP contribution in [0.5, 0.6) is 0 Å². The molecule has 2 heterocycles. The van der Waals surface area contributed by atoms with E-state index in [0.29, 0.717) is 17.0 Å². The SMILES string of the molecule is O=C(O)c1ccc(CN2CC3(CCC3)C2c2ccco2)cc1. The van der Waals surface area contributed by atoms with E-state index in [-0.39, 0.29) is 0 Å². The molecule has 4 nitrogen and oxygen atoms in total. The Kier molecular flexibility index (Phi) is 3.08. The molecular weight excluding hydrogens is 278 g/mol. The molecule has 4 rings (SSSR count). The summed E-state index contributed by atoms with van der Waals surface area (Å²) in [7, 11) is 0. The summed E-state index contributed by atoms with van der Waals surface area (Å²) in [4.78, 5) is 13.4. The predicted octanol–water partition coefficient (Wildman–Crippen LogP) is 3.71. The first-order chi connectivity index (χ1) is 10.7. The van der Waals surface area contributed by atoms with Gasteiger partial charge in [-0.3, -0.25) is 4.90 Å². The molecule has 114 valence electrons. The summed E-state index contributed by atoms with van der Waals surface area (Å²) in [6.45, 7) is 1.95. The maximum absolute atomic E-state index is 10.9. The Morgan fingerprint density at radius 3 is 2.59 bits per heavy atom. The van der Waals surface area contributed by atoms with Gasteiger partial charge in [-0.25, -0.2) is 4.79 Å². The van der Waals surface area contributed by atoms with E-state index in [1.807, 2.05) is 18.2 Å². The predicted molar refractivity (Wildman–Crippen MR) is 81.5 cm³/mol. The lowest BCUT2D eigenvalue weighted by atomic mass is 9.57. The summed E-state index contributed by atoms with van der Waals surface area (Å²) >= 11 is 0. The smallest absolute Gasteiger partial charge is 0.335 e. The van der Waals surface area contributed by atoms with Crippen molar-refractivity contribution in [2.75, 3.05) is 6.54 Å². The third-order valence-electron chi connectivity index (χ3n) is 5.21. The number of aromatic carboxylic acids is 1. The minimum absolute atomic E-state index is 0.338. The van der Waals surface area contributed by atoms with Crippen molar-refractivity contribution in [3.8, 4) is 0 Å². The highest BCUT2D eigenvalue weighted by molar-refractivity contribution is 5.87. The van der Waals surface area contributed by atoms with E-state index in [2.05, 4.69) is 11.0 Å². The molecule has 0 radical (unpaired) electrons. The van der Waals surface area contributed by atoms with Crippen LogP contribution in [0.25, 0.3) is 0 Å². The van der Waals surface area contributed by atoms with Crippen molar-refractivity contribution in [3.63, 3.8) is 0 Å². The monoisotopic (exact) mass is 297 g/mol. The average molecular weight is 297 g/mol. The fourth-order valence-corrected chi connectivity index (χ4v) is 3.98. The van der Waals surface area contributed by atoms with Crippen LogP contribution in [0.1, 0.15) is 47.0 Å². The molecule has 1 aliphatic heterocycles. The van der Waals surface area contributed by atoms with Crippen LogP contribution >= 0.6 is 0 Å². The standard InChI is InChI=1S/C18H19NO3/c20-17(21)14-6-4-13(5-7-14)11-19-12-18(8-2-9-18)16(19)15-3-1-10-22-15/h1,3-7,10,16H,2,8-9,11-12H2,(H,20,21). The van der Waals surface area contributed by atoms with E-state index in [4.69, 9.17) is 9.52 Å². The number of hydrogen-bond acceptors (Lipinski definition) is 3. The molecule has 22 heavy (non-hydrogen) atoms. The normalized spacial score (nSPS) is 23.0. The number of nitrogens with zero attached hydrogens (tertiary/aromatic N) is 1. The highest BCUT2D eigenvalue weighted by atomic mass is 16.4. The number of hydrogen-bond donors (Lipinski definition) is 1. The molecule has 2 fully saturated rings. The van der Waals surface area contributed by atoms with Crippen LogP contribution in [0.15, 0.2) is 47.1 Å². The van der Waals surface area contributed by atoms with Gasteiger partial charge in [-0.2, -0.15) is 0 Å². The second-order valence-electron chi connectivity index (χ2n) is 6.54. The first kappa shape index (κ1) is 13.6. The maximum atomic E-state index is 10.9. The van der Waals surface area contributed by atoms with Crippen LogP contribution in [0.3, 0.4) is 0 Å². The molecule has 1 atom stereocenters. The number of carboxylic acids is 1. The number of likely N-dealkylation sites (tertiary alicyclic amines) is 1. The van der Waals surface area contributed by atoms with Gasteiger partial charge in [-0.1, -0.05) is 18.6 Å². The van der Waals surface area contributed by atoms with Gasteiger partial charge >= 0.3 is 5.97 Å². The molecule has 1 aromatic carbocycles. The summed E-state index contributed by atoms with van der Waals surface area (Å²) in [5.41, 5.74) is 1.90. The Morgan fingerprint density at radius 1 is 1.27 bits per heavy atom. The molecular formula is C18H19NO3. The minimum Gasteiger partial charge on any atom is -0.478 e. The van der Waals surface area contributed by atoms with E-state index in [0.717, 1.165) is 24.4 Å². The summed E-state index contributed by atoms with van der Waals surface area (Å²) in [5.74, 6) is 0.186. The summed E-state index contributed by atoms with van der Waals surface area (Å²) in [6.07, 6.45) is 5.64. The lowest BCUT2D eigenvalue weighted by Gasteiger charge is -2.61. The van der Waals surface area contributed by atoms with Gasteiger partial charge in [0.2, 0.25) is 0 Å². The van der Waals surface area contributed by atoms with Crippen molar-refractivity contribution < 1.29 is 14.3 Å². The molecule has 1 aromatic heterocycles. The Morgan fingerprint density at radius 2 is 2.05 bits per heavy atom. The van der Waals surface area contributed by atoms with E-state index in [9.17, 15) is 4.79 Å². The molecule has 4 heteroatoms. The van der Waals surface area contributed by atoms with Crippen LogP contribution in [0.4, 0.5) is 0 Å². The summed E-state index contributed by atoms with van der Waals surface area (Å²) in [6, 6.07) is 11.6. The Bertz CT molecular complexity index is 671. The third kappa shape index (κ3) is 2.06. The number of furan rings is 1. The molecule has 1 aliphatic carbocycles. The zero-order valence-corrected chi connectivity index (χ0v) is 12.4. The molecule has 2 aliphatic rings. The molecule has 1 saturated heterocycles. The van der Waals surface area contributed by atoms with Gasteiger partial charge in [0, 0.05) is 18.5 Å². The van der Waals surface area contributed by atoms with Gasteiger partial charge in [0.1, 0.15) is 5.76 Å². The minimum atomic E-state index is -0.877. The first-order valence-corrected chi connectivity index (χ1v) is 7.78. The third-order valence-corrected chi connectivity index (χ3v) is 5.21. The van der Waals surface area contributed by atoms with Crippen LogP contribution in [-0.2, 0) is 6.54 Å². The number of rotatable bonds is 4. The number of carboxylic acid groups (broad SMARTS) is 1. The topological polar surface area (TPSA) is 53.7 Å². The van der Waals surface area contributed by atoms with Crippen molar-refractivity contribution >= 4 is 5.97 Å². The van der Waals surface area contributed by atoms with E-state index in [1.165, 1.54) is 19.3 Å². The summed E-state index contributed by atoms with van der Waals surface area (Å²) < 4.78 is 5.67. The van der Waals surface area contributed by atoms with Crippen LogP contribution in [0.2, 0.25) is 0 Å². The molecule has 1 spiro atoms. The van der Waals surface area contributed by atoms with Gasteiger partial charge in [0.15, 0.2) is 0 Å². The Balaban J connectivity index is 1.52. The largest absolute Gasteiger partial charge is 0.478 e. The van der Waals surface area contributed by atoms with Gasteiger partial charge in [0.25, 0.3) is 0 Å². The van der Waals surface area contributed by atoms with Crippen molar-refractivity contribution in [3.05, 3.63) is 59.5 Å². The van der Waals surface area contributed by atoms with Gasteiger partial charge < -0.3 is 9.52 Å². The van der Waals surface area contributed by atoms with Gasteiger partial charge in [-0.15, -0.1) is 0 Å². The fourth-order valence-electron chi connectivity index (χ4n) is 3.98. The molecule has 1 N–H and O–H groups in total. The first-order valence-electron chi connectivity index (χ1n) is 7.78. The van der Waals surface area contributed by atoms with Crippen LogP contribution < -0.4 is 0 Å². The number of carbonyl (C=O) groups is 1. The molecule has 2 aromatic rings. The van der Waals surface area contributed by atoms with E-state index >= 15 is 0 Å². The fraction of sp³-hybridized carbons (Fsp3) is 0.389. The highest BCUT2D eigenvalue weighted by Crippen LogP contribution is 2.60. The van der Waals surface area contributed by atoms with E-state index < -0.39 is 5.97 Å². The quantitative estimate of drug-likeness (QED) is 0.934. The molecule has 1 unspecified atom stereocenters. The van der Waals surface area contributed by atoms with Crippen molar-refractivity contribution in [2.45, 2.75) is 31.8 Å². The second-order valence-corrected chi connectivity index (χ2v) is 6.54. The Labute approximate surface area is 129 Å². The average Bonchev–Trinajstić information content (AvgIpc) is 2.94. The van der Waals surface area contributed by atoms with Crippen molar-refractivity contribution in [1.29, 1.82) is 0 Å². The lowest BCUT2D eigenvalue weighted by molar-refractivity contribution is -0.141. The maximum Gasteiger partial charge on any atom is 0.335 e. The molecule has 0 bridgehead atoms. The van der Waals surface area contributed by atoms with Crippen LogP contribution in [-0.4, -0.2) is 22.5 Å². The van der Waals surface area contributed by atoms with Crippen molar-refractivity contribution in [1.82, 2.24) is 4.90 Å². The second kappa shape index (κ2) is 4.99. The zero-order chi connectivity index (χ0) is 15.2. The van der Waals surface area contributed by atoms with E-state index in [1.54, 1.807) is 18.4 Å². The summed E-state index contributed by atoms with van der Waals surface area (Å²) in [5, 5.41) is 8.97. The molecule has 1 saturated carbocycles. The number of benzene rings is 1. The Hall–Kier alpha value is -2.07. The lowest BCUT2D eigenvalue weighted by Crippen LogP contribution is -2.61. The van der Waals surface area contributed by atoms with Crippen LogP contribution in [0, 0.1) is 5.41 Å². The zero-order valence-electron chi connectivity index (χ0n) is 12.4. The van der Waals surface area contributed by atoms with Gasteiger partial charge in [0.05, 0.1) is 17.9 Å².